The fraction of sp³-hybridized carbons (Fsp3) is 0.556. The molecule has 7 nitrogen and oxygen atoms in total. The van der Waals surface area contributed by atoms with Crippen LogP contribution in [0.3, 0.4) is 0 Å². The van der Waals surface area contributed by atoms with Gasteiger partial charge in [-0.2, -0.15) is 0 Å². The van der Waals surface area contributed by atoms with Crippen LogP contribution < -0.4 is 20.1 Å². The summed E-state index contributed by atoms with van der Waals surface area (Å²) in [5.41, 5.74) is 0.871. The Morgan fingerprint density at radius 2 is 1.64 bits per heavy atom. The summed E-state index contributed by atoms with van der Waals surface area (Å²) in [6.07, 6.45) is 3.67. The van der Waals surface area contributed by atoms with Gasteiger partial charge >= 0.3 is 6.03 Å². The molecule has 25 heavy (non-hydrogen) atoms. The fourth-order valence-electron chi connectivity index (χ4n) is 2.80. The lowest BCUT2D eigenvalue weighted by atomic mass is 10.1. The molecule has 1 heterocycles. The van der Waals surface area contributed by atoms with Crippen LogP contribution in [-0.2, 0) is 11.3 Å². The molecule has 0 aromatic heterocycles. The van der Waals surface area contributed by atoms with Crippen molar-refractivity contribution in [2.24, 2.45) is 0 Å². The fourth-order valence-corrected chi connectivity index (χ4v) is 2.80. The van der Waals surface area contributed by atoms with Crippen molar-refractivity contribution in [3.05, 3.63) is 23.8 Å². The Balaban J connectivity index is 1.71. The summed E-state index contributed by atoms with van der Waals surface area (Å²) in [4.78, 5) is 25.8. The van der Waals surface area contributed by atoms with E-state index in [1.165, 1.54) is 6.42 Å². The molecule has 0 unspecified atom stereocenters. The van der Waals surface area contributed by atoms with Crippen LogP contribution >= 0.6 is 0 Å². The molecule has 0 atom stereocenters. The summed E-state index contributed by atoms with van der Waals surface area (Å²) < 4.78 is 10.4. The molecular formula is C18H27N3O4. The Hall–Kier alpha value is -2.44. The molecule has 1 saturated heterocycles. The minimum Gasteiger partial charge on any atom is -0.497 e. The molecule has 1 aromatic carbocycles. The van der Waals surface area contributed by atoms with E-state index in [1.807, 2.05) is 17.0 Å². The average molecular weight is 349 g/mol. The SMILES string of the molecule is COc1cc(CNC(=O)NCCC(=O)N2CCCCC2)cc(OC)c1. The van der Waals surface area contributed by atoms with Crippen LogP contribution in [0.2, 0.25) is 0 Å². The standard InChI is InChI=1S/C18H27N3O4/c1-24-15-10-14(11-16(12-15)25-2)13-20-18(23)19-7-6-17(22)21-8-4-3-5-9-21/h10-12H,3-9,13H2,1-2H3,(H2,19,20,23). The number of hydrogen-bond donors (Lipinski definition) is 2. The number of urea groups is 1. The highest BCUT2D eigenvalue weighted by atomic mass is 16.5. The van der Waals surface area contributed by atoms with Crippen LogP contribution in [0.5, 0.6) is 11.5 Å². The quantitative estimate of drug-likeness (QED) is 0.788. The van der Waals surface area contributed by atoms with Crippen LogP contribution in [-0.4, -0.2) is 50.7 Å². The van der Waals surface area contributed by atoms with E-state index in [0.717, 1.165) is 31.5 Å². The maximum Gasteiger partial charge on any atom is 0.315 e. The minimum absolute atomic E-state index is 0.109. The highest BCUT2D eigenvalue weighted by Gasteiger charge is 2.16. The van der Waals surface area contributed by atoms with Crippen LogP contribution in [0, 0.1) is 0 Å². The van der Waals surface area contributed by atoms with Crippen molar-refractivity contribution in [1.82, 2.24) is 15.5 Å². The van der Waals surface area contributed by atoms with Gasteiger partial charge in [-0.3, -0.25) is 4.79 Å². The number of ether oxygens (including phenoxy) is 2. The first kappa shape index (κ1) is 18.9. The van der Waals surface area contributed by atoms with Gasteiger partial charge in [-0.25, -0.2) is 4.79 Å². The predicted molar refractivity (Wildman–Crippen MR) is 94.8 cm³/mol. The second-order valence-corrected chi connectivity index (χ2v) is 6.02. The topological polar surface area (TPSA) is 79.9 Å². The van der Waals surface area contributed by atoms with Crippen LogP contribution in [0.4, 0.5) is 4.79 Å². The van der Waals surface area contributed by atoms with Gasteiger partial charge in [0, 0.05) is 38.7 Å². The third-order valence-corrected chi connectivity index (χ3v) is 4.20. The number of amides is 3. The number of nitrogens with one attached hydrogen (secondary N) is 2. The van der Waals surface area contributed by atoms with Crippen LogP contribution in [0.25, 0.3) is 0 Å². The van der Waals surface area contributed by atoms with E-state index in [2.05, 4.69) is 10.6 Å². The summed E-state index contributed by atoms with van der Waals surface area (Å²) in [5.74, 6) is 1.45. The monoisotopic (exact) mass is 349 g/mol. The molecule has 0 spiro atoms. The molecule has 1 aromatic rings. The molecule has 0 aliphatic carbocycles. The first-order valence-corrected chi connectivity index (χ1v) is 8.64. The summed E-state index contributed by atoms with van der Waals surface area (Å²) in [7, 11) is 3.16. The zero-order valence-corrected chi connectivity index (χ0v) is 15.0. The number of methoxy groups -OCH3 is 2. The van der Waals surface area contributed by atoms with Gasteiger partial charge in [0.15, 0.2) is 0 Å². The van der Waals surface area contributed by atoms with Crippen molar-refractivity contribution in [1.29, 1.82) is 0 Å². The third kappa shape index (κ3) is 6.17. The lowest BCUT2D eigenvalue weighted by Crippen LogP contribution is -2.40. The number of nitrogens with zero attached hydrogens (tertiary/aromatic N) is 1. The van der Waals surface area contributed by atoms with Gasteiger partial charge in [-0.15, -0.1) is 0 Å². The van der Waals surface area contributed by atoms with Crippen molar-refractivity contribution in [2.45, 2.75) is 32.2 Å². The van der Waals surface area contributed by atoms with E-state index >= 15 is 0 Å². The van der Waals surface area contributed by atoms with Crippen LogP contribution in [0.15, 0.2) is 18.2 Å². The lowest BCUT2D eigenvalue weighted by molar-refractivity contribution is -0.131. The molecule has 2 rings (SSSR count). The van der Waals surface area contributed by atoms with Crippen molar-refractivity contribution >= 4 is 11.9 Å². The Bertz CT molecular complexity index is 563. The maximum atomic E-state index is 12.0. The van der Waals surface area contributed by atoms with Gasteiger partial charge in [0.05, 0.1) is 14.2 Å². The molecule has 7 heteroatoms. The molecular weight excluding hydrogens is 322 g/mol. The molecule has 0 bridgehead atoms. The van der Waals surface area contributed by atoms with Gasteiger partial charge in [0.1, 0.15) is 11.5 Å². The van der Waals surface area contributed by atoms with Crippen molar-refractivity contribution < 1.29 is 19.1 Å². The van der Waals surface area contributed by atoms with Gasteiger partial charge in [0.2, 0.25) is 5.91 Å². The number of carbonyl (C=O) groups excluding carboxylic acids is 2. The number of carbonyl (C=O) groups is 2. The Morgan fingerprint density at radius 3 is 2.24 bits per heavy atom. The highest BCUT2D eigenvalue weighted by Crippen LogP contribution is 2.22. The maximum absolute atomic E-state index is 12.0. The van der Waals surface area contributed by atoms with E-state index in [1.54, 1.807) is 20.3 Å². The normalized spacial score (nSPS) is 13.9. The van der Waals surface area contributed by atoms with E-state index < -0.39 is 0 Å². The predicted octanol–water partition coefficient (Wildman–Crippen LogP) is 1.91. The van der Waals surface area contributed by atoms with Gasteiger partial charge in [0.25, 0.3) is 0 Å². The molecule has 1 aliphatic rings. The second kappa shape index (κ2) is 9.76. The van der Waals surface area contributed by atoms with E-state index in [9.17, 15) is 9.59 Å². The van der Waals surface area contributed by atoms with Gasteiger partial charge in [-0.1, -0.05) is 0 Å². The number of hydrogen-bond acceptors (Lipinski definition) is 4. The molecule has 0 saturated carbocycles. The van der Waals surface area contributed by atoms with Crippen LogP contribution in [0.1, 0.15) is 31.2 Å². The molecule has 2 N–H and O–H groups in total. The van der Waals surface area contributed by atoms with Crippen molar-refractivity contribution in [3.63, 3.8) is 0 Å². The molecule has 0 radical (unpaired) electrons. The molecule has 1 aliphatic heterocycles. The molecule has 1 fully saturated rings. The summed E-state index contributed by atoms with van der Waals surface area (Å²) >= 11 is 0. The van der Waals surface area contributed by atoms with E-state index in [0.29, 0.717) is 31.0 Å². The Labute approximate surface area is 148 Å². The van der Waals surface area contributed by atoms with E-state index in [4.69, 9.17) is 9.47 Å². The Kier molecular flexibility index (Phi) is 7.37. The van der Waals surface area contributed by atoms with Gasteiger partial charge in [-0.05, 0) is 37.0 Å². The van der Waals surface area contributed by atoms with Crippen molar-refractivity contribution in [3.8, 4) is 11.5 Å². The number of rotatable bonds is 7. The molecule has 138 valence electrons. The summed E-state index contributed by atoms with van der Waals surface area (Å²) in [6.45, 7) is 2.35. The zero-order valence-electron chi connectivity index (χ0n) is 15.0. The number of likely N-dealkylation sites (tertiary alicyclic amines) is 1. The Morgan fingerprint density at radius 1 is 1.00 bits per heavy atom. The number of piperidine rings is 1. The second-order valence-electron chi connectivity index (χ2n) is 6.02. The lowest BCUT2D eigenvalue weighted by Gasteiger charge is -2.26. The first-order valence-electron chi connectivity index (χ1n) is 8.64. The van der Waals surface area contributed by atoms with Gasteiger partial charge < -0.3 is 25.0 Å². The largest absolute Gasteiger partial charge is 0.497 e. The summed E-state index contributed by atoms with van der Waals surface area (Å²) in [5, 5.41) is 5.49. The highest BCUT2D eigenvalue weighted by molar-refractivity contribution is 5.78. The third-order valence-electron chi connectivity index (χ3n) is 4.20. The van der Waals surface area contributed by atoms with Crippen molar-refractivity contribution in [2.75, 3.05) is 33.9 Å². The zero-order chi connectivity index (χ0) is 18.1. The van der Waals surface area contributed by atoms with E-state index in [-0.39, 0.29) is 11.9 Å². The summed E-state index contributed by atoms with van der Waals surface area (Å²) in [6, 6.07) is 5.15. The number of benzene rings is 1. The smallest absolute Gasteiger partial charge is 0.315 e. The minimum atomic E-state index is -0.298. The molecule has 3 amide bonds. The first-order chi connectivity index (χ1) is 12.1. The average Bonchev–Trinajstić information content (AvgIpc) is 2.66.